The number of carbonyl (C=O) groups excluding carboxylic acids is 2. The lowest BCUT2D eigenvalue weighted by Crippen LogP contribution is -2.41. The van der Waals surface area contributed by atoms with Gasteiger partial charge in [-0.05, 0) is 18.3 Å². The summed E-state index contributed by atoms with van der Waals surface area (Å²) in [5.41, 5.74) is -0.0581. The summed E-state index contributed by atoms with van der Waals surface area (Å²) in [7, 11) is 3.22. The highest BCUT2D eigenvalue weighted by atomic mass is 16.4. The second-order valence-corrected chi connectivity index (χ2v) is 7.05. The average Bonchev–Trinajstić information content (AvgIpc) is 2.90. The zero-order valence-corrected chi connectivity index (χ0v) is 14.7. The summed E-state index contributed by atoms with van der Waals surface area (Å²) in [4.78, 5) is 36.4. The number of aliphatic carboxylic acids is 1. The van der Waals surface area contributed by atoms with Crippen LogP contribution in [0, 0.1) is 5.41 Å². The van der Waals surface area contributed by atoms with E-state index in [2.05, 4.69) is 15.6 Å². The number of nitrogens with zero attached hydrogens (tertiary/aromatic N) is 4. The van der Waals surface area contributed by atoms with Crippen molar-refractivity contribution in [2.45, 2.75) is 46.2 Å². The molecule has 1 unspecified atom stereocenters. The van der Waals surface area contributed by atoms with Crippen molar-refractivity contribution < 1.29 is 19.5 Å². The molecule has 24 heavy (non-hydrogen) atoms. The Kier molecular flexibility index (Phi) is 6.44. The summed E-state index contributed by atoms with van der Waals surface area (Å²) in [6.45, 7) is 5.96. The molecule has 9 nitrogen and oxygen atoms in total. The zero-order chi connectivity index (χ0) is 18.5. The molecule has 0 radical (unpaired) electrons. The van der Waals surface area contributed by atoms with Crippen LogP contribution in [0.4, 0.5) is 0 Å². The van der Waals surface area contributed by atoms with E-state index in [9.17, 15) is 19.5 Å². The van der Waals surface area contributed by atoms with E-state index in [0.717, 1.165) is 0 Å². The Morgan fingerprint density at radius 2 is 1.96 bits per heavy atom. The van der Waals surface area contributed by atoms with Crippen molar-refractivity contribution in [2.75, 3.05) is 14.1 Å². The van der Waals surface area contributed by atoms with Gasteiger partial charge in [-0.25, -0.2) is 9.48 Å². The van der Waals surface area contributed by atoms with Crippen molar-refractivity contribution in [3.63, 3.8) is 0 Å². The molecule has 0 fully saturated rings. The highest BCUT2D eigenvalue weighted by Crippen LogP contribution is 2.21. The summed E-state index contributed by atoms with van der Waals surface area (Å²) in [5, 5.41) is 19.1. The van der Waals surface area contributed by atoms with Gasteiger partial charge in [0.15, 0.2) is 5.69 Å². The number of aromatic nitrogens is 3. The normalized spacial score (nSPS) is 12.5. The maximum atomic E-state index is 12.1. The van der Waals surface area contributed by atoms with Crippen LogP contribution in [0.25, 0.3) is 0 Å². The Labute approximate surface area is 141 Å². The van der Waals surface area contributed by atoms with Crippen molar-refractivity contribution in [3.05, 3.63) is 11.9 Å². The Morgan fingerprint density at radius 3 is 2.46 bits per heavy atom. The van der Waals surface area contributed by atoms with Gasteiger partial charge in [0, 0.05) is 14.1 Å². The van der Waals surface area contributed by atoms with Gasteiger partial charge in [0.2, 0.25) is 5.91 Å². The first-order valence-corrected chi connectivity index (χ1v) is 7.63. The largest absolute Gasteiger partial charge is 0.480 e. The molecule has 0 saturated heterocycles. The smallest absolute Gasteiger partial charge is 0.326 e. The number of carboxylic acid groups (broad SMARTS) is 1. The van der Waals surface area contributed by atoms with Crippen LogP contribution < -0.4 is 5.32 Å². The van der Waals surface area contributed by atoms with Gasteiger partial charge in [-0.1, -0.05) is 26.0 Å². The lowest BCUT2D eigenvalue weighted by atomic mass is 9.88. The molecule has 1 heterocycles. The minimum Gasteiger partial charge on any atom is -0.480 e. The van der Waals surface area contributed by atoms with Crippen LogP contribution >= 0.6 is 0 Å². The van der Waals surface area contributed by atoms with Crippen LogP contribution in [0.15, 0.2) is 6.20 Å². The number of hydrogen-bond donors (Lipinski definition) is 2. The van der Waals surface area contributed by atoms with E-state index in [1.165, 1.54) is 15.8 Å². The fourth-order valence-electron chi connectivity index (χ4n) is 1.83. The molecule has 2 N–H and O–H groups in total. The van der Waals surface area contributed by atoms with Gasteiger partial charge in [-0.2, -0.15) is 0 Å². The van der Waals surface area contributed by atoms with Gasteiger partial charge in [0.05, 0.1) is 6.20 Å². The Morgan fingerprint density at radius 1 is 1.33 bits per heavy atom. The summed E-state index contributed by atoms with van der Waals surface area (Å²) in [6.07, 6.45) is 2.28. The van der Waals surface area contributed by atoms with Gasteiger partial charge < -0.3 is 15.3 Å². The van der Waals surface area contributed by atoms with E-state index in [-0.39, 0.29) is 23.6 Å². The molecule has 9 heteroatoms. The van der Waals surface area contributed by atoms with Crippen molar-refractivity contribution >= 4 is 17.8 Å². The molecule has 1 rings (SSSR count). The Balaban J connectivity index is 2.70. The quantitative estimate of drug-likeness (QED) is 0.741. The van der Waals surface area contributed by atoms with Gasteiger partial charge in [-0.15, -0.1) is 5.10 Å². The predicted molar refractivity (Wildman–Crippen MR) is 86.3 cm³/mol. The zero-order valence-electron chi connectivity index (χ0n) is 14.7. The number of nitrogens with one attached hydrogen (secondary N) is 1. The van der Waals surface area contributed by atoms with Crippen molar-refractivity contribution in [1.29, 1.82) is 0 Å². The second kappa shape index (κ2) is 7.89. The topological polar surface area (TPSA) is 117 Å². The third-order valence-corrected chi connectivity index (χ3v) is 3.35. The minimum atomic E-state index is -1.09. The number of carbonyl (C=O) groups is 3. The second-order valence-electron chi connectivity index (χ2n) is 7.05. The highest BCUT2D eigenvalue weighted by Gasteiger charge is 2.24. The first-order valence-electron chi connectivity index (χ1n) is 7.63. The van der Waals surface area contributed by atoms with Crippen LogP contribution in [0.1, 0.15) is 44.1 Å². The van der Waals surface area contributed by atoms with Gasteiger partial charge in [-0.3, -0.25) is 9.59 Å². The van der Waals surface area contributed by atoms with Gasteiger partial charge in [0.25, 0.3) is 5.91 Å². The maximum absolute atomic E-state index is 12.1. The summed E-state index contributed by atoms with van der Waals surface area (Å²) in [6, 6.07) is -0.995. The molecule has 1 atom stereocenters. The van der Waals surface area contributed by atoms with Crippen molar-refractivity contribution in [3.8, 4) is 0 Å². The van der Waals surface area contributed by atoms with Gasteiger partial charge >= 0.3 is 5.97 Å². The molecule has 0 spiro atoms. The number of amides is 2. The highest BCUT2D eigenvalue weighted by molar-refractivity contribution is 5.94. The molecular weight excluding hydrogens is 314 g/mol. The predicted octanol–water partition coefficient (Wildman–Crippen LogP) is 0.376. The molecular formula is C15H25N5O4. The fraction of sp³-hybridized carbons (Fsp3) is 0.667. The third kappa shape index (κ3) is 6.35. The maximum Gasteiger partial charge on any atom is 0.326 e. The summed E-state index contributed by atoms with van der Waals surface area (Å²) < 4.78 is 1.24. The third-order valence-electron chi connectivity index (χ3n) is 3.35. The lowest BCUT2D eigenvalue weighted by molar-refractivity contribution is -0.139. The summed E-state index contributed by atoms with van der Waals surface area (Å²) >= 11 is 0. The van der Waals surface area contributed by atoms with Crippen LogP contribution in [0.5, 0.6) is 0 Å². The first-order chi connectivity index (χ1) is 11.0. The summed E-state index contributed by atoms with van der Waals surface area (Å²) in [5.74, 6) is -1.91. The van der Waals surface area contributed by atoms with Gasteiger partial charge in [0.1, 0.15) is 12.6 Å². The average molecular weight is 339 g/mol. The Bertz CT molecular complexity index is 603. The molecule has 1 aromatic rings. The minimum absolute atomic E-state index is 0.0245. The van der Waals surface area contributed by atoms with E-state index in [0.29, 0.717) is 12.8 Å². The first kappa shape index (κ1) is 19.6. The number of hydrogen-bond acceptors (Lipinski definition) is 5. The monoisotopic (exact) mass is 339 g/mol. The van der Waals surface area contributed by atoms with Crippen LogP contribution in [-0.4, -0.2) is 62.9 Å². The molecule has 0 aliphatic carbocycles. The fourth-order valence-corrected chi connectivity index (χ4v) is 1.83. The molecule has 0 saturated carbocycles. The molecule has 0 aliphatic heterocycles. The number of carboxylic acids is 1. The Hall–Kier alpha value is -2.45. The number of rotatable bonds is 7. The molecule has 1 aromatic heterocycles. The lowest BCUT2D eigenvalue weighted by Gasteiger charge is -2.21. The van der Waals surface area contributed by atoms with Crippen molar-refractivity contribution in [2.24, 2.45) is 5.41 Å². The van der Waals surface area contributed by atoms with E-state index < -0.39 is 17.9 Å². The van der Waals surface area contributed by atoms with E-state index in [1.54, 1.807) is 14.1 Å². The van der Waals surface area contributed by atoms with Crippen LogP contribution in [0.3, 0.4) is 0 Å². The van der Waals surface area contributed by atoms with E-state index in [4.69, 9.17) is 0 Å². The van der Waals surface area contributed by atoms with E-state index in [1.807, 2.05) is 20.8 Å². The van der Waals surface area contributed by atoms with Crippen molar-refractivity contribution in [1.82, 2.24) is 25.2 Å². The van der Waals surface area contributed by atoms with Crippen LogP contribution in [-0.2, 0) is 16.1 Å². The molecule has 134 valence electrons. The van der Waals surface area contributed by atoms with Crippen LogP contribution in [0.2, 0.25) is 0 Å². The van der Waals surface area contributed by atoms with E-state index >= 15 is 0 Å². The molecule has 2 amide bonds. The molecule has 0 aliphatic rings. The molecule has 0 aromatic carbocycles. The standard InChI is InChI=1S/C15H25N5O4/c1-15(2,3)7-6-10(14(23)24)16-13(22)11-8-20(18-17-11)9-12(21)19(4)5/h8,10H,6-7,9H2,1-5H3,(H,16,22)(H,23,24). The number of likely N-dealkylation sites (N-methyl/N-ethyl adjacent to an activating group) is 1. The SMILES string of the molecule is CN(C)C(=O)Cn1cc(C(=O)NC(CCC(C)(C)C)C(=O)O)nn1. The molecule has 0 bridgehead atoms.